The van der Waals surface area contributed by atoms with Crippen LogP contribution in [0.3, 0.4) is 0 Å². The number of nitrogens with zero attached hydrogens (tertiary/aromatic N) is 2. The Morgan fingerprint density at radius 1 is 0.633 bits per heavy atom. The predicted molar refractivity (Wildman–Crippen MR) is 220 cm³/mol. The fourth-order valence-corrected chi connectivity index (χ4v) is 10.0. The van der Waals surface area contributed by atoms with Crippen molar-refractivity contribution in [3.63, 3.8) is 0 Å². The van der Waals surface area contributed by atoms with Gasteiger partial charge in [-0.05, 0) is 72.5 Å². The number of carbonyl (C=O) groups excluding carboxylic acids is 2. The van der Waals surface area contributed by atoms with Crippen molar-refractivity contribution in [3.8, 4) is 11.5 Å². The van der Waals surface area contributed by atoms with Crippen molar-refractivity contribution in [1.82, 2.24) is 9.80 Å². The molecule has 4 fully saturated rings. The van der Waals surface area contributed by atoms with E-state index in [1.54, 1.807) is 12.1 Å². The molecular weight excluding hydrogens is 769 g/mol. The summed E-state index contributed by atoms with van der Waals surface area (Å²) in [6.45, 7) is 3.87. The second-order valence-electron chi connectivity index (χ2n) is 17.2. The second-order valence-corrected chi connectivity index (χ2v) is 17.2. The molecule has 14 heteroatoms. The van der Waals surface area contributed by atoms with Gasteiger partial charge in [-0.15, -0.1) is 0 Å². The number of hydrogen-bond acceptors (Lipinski definition) is 12. The quantitative estimate of drug-likeness (QED) is 0.121. The van der Waals surface area contributed by atoms with Crippen LogP contribution >= 0.6 is 0 Å². The van der Waals surface area contributed by atoms with Crippen molar-refractivity contribution < 1.29 is 49.0 Å². The minimum Gasteiger partial charge on any atom is -0.490 e. The smallest absolute Gasteiger partial charge is 0.411 e. The molecule has 4 heterocycles. The zero-order valence-corrected chi connectivity index (χ0v) is 33.3. The summed E-state index contributed by atoms with van der Waals surface area (Å²) in [6, 6.07) is 30.5. The third kappa shape index (κ3) is 8.80. The van der Waals surface area contributed by atoms with Gasteiger partial charge in [-0.3, -0.25) is 20.4 Å². The summed E-state index contributed by atoms with van der Waals surface area (Å²) >= 11 is 0. The summed E-state index contributed by atoms with van der Waals surface area (Å²) in [6.07, 6.45) is 0.615. The number of hydrogen-bond donors (Lipinski definition) is 6. The molecule has 316 valence electrons. The van der Waals surface area contributed by atoms with Crippen molar-refractivity contribution in [1.29, 1.82) is 0 Å². The summed E-state index contributed by atoms with van der Waals surface area (Å²) in [7, 11) is 0. The van der Waals surface area contributed by atoms with Crippen LogP contribution in [0.2, 0.25) is 0 Å². The molecule has 4 aromatic rings. The molecule has 10 rings (SSSR count). The van der Waals surface area contributed by atoms with Gasteiger partial charge in [-0.25, -0.2) is 9.59 Å². The van der Waals surface area contributed by atoms with Crippen molar-refractivity contribution in [2.24, 2.45) is 11.8 Å². The third-order valence-electron chi connectivity index (χ3n) is 12.9. The molecule has 0 aromatic heterocycles. The van der Waals surface area contributed by atoms with E-state index in [0.29, 0.717) is 39.0 Å². The molecule has 0 radical (unpaired) electrons. The van der Waals surface area contributed by atoms with Crippen LogP contribution < -0.4 is 20.1 Å². The van der Waals surface area contributed by atoms with Gasteiger partial charge in [0.2, 0.25) is 0 Å². The van der Waals surface area contributed by atoms with Crippen LogP contribution in [-0.4, -0.2) is 105 Å². The minimum absolute atomic E-state index is 0.0188. The summed E-state index contributed by atoms with van der Waals surface area (Å²) in [5.74, 6) is 1.97. The molecule has 6 N–H and O–H groups in total. The largest absolute Gasteiger partial charge is 0.490 e. The van der Waals surface area contributed by atoms with E-state index in [1.807, 2.05) is 84.9 Å². The number of benzene rings is 4. The lowest BCUT2D eigenvalue weighted by atomic mass is 9.95. The van der Waals surface area contributed by atoms with E-state index in [-0.39, 0.29) is 37.3 Å². The van der Waals surface area contributed by atoms with Crippen molar-refractivity contribution in [3.05, 3.63) is 119 Å². The molecule has 8 atom stereocenters. The molecule has 0 bridgehead atoms. The van der Waals surface area contributed by atoms with Gasteiger partial charge in [-0.2, -0.15) is 0 Å². The Hall–Kier alpha value is -5.22. The molecule has 0 spiro atoms. The first-order chi connectivity index (χ1) is 29.0. The number of amides is 2. The number of rotatable bonds is 10. The van der Waals surface area contributed by atoms with Gasteiger partial charge in [0.15, 0.2) is 0 Å². The highest BCUT2D eigenvalue weighted by Gasteiger charge is 2.54. The molecule has 2 unspecified atom stereocenters. The Balaban J connectivity index is 0.000000154. The highest BCUT2D eigenvalue weighted by molar-refractivity contribution is 5.88. The number of anilines is 2. The van der Waals surface area contributed by atoms with E-state index >= 15 is 0 Å². The monoisotopic (exact) mass is 820 g/mol. The van der Waals surface area contributed by atoms with Crippen LogP contribution in [0.4, 0.5) is 21.0 Å². The van der Waals surface area contributed by atoms with Crippen LogP contribution in [0.5, 0.6) is 11.5 Å². The zero-order chi connectivity index (χ0) is 41.4. The topological polar surface area (TPSA) is 183 Å². The normalized spacial score (nSPS) is 28.9. The number of β-amino-alcohol motifs (C(OH)–C–C–N with tert-alkyl or cyclic N) is 4. The van der Waals surface area contributed by atoms with E-state index in [1.165, 1.54) is 0 Å². The lowest BCUT2D eigenvalue weighted by molar-refractivity contribution is 0.0172. The van der Waals surface area contributed by atoms with Crippen molar-refractivity contribution in [2.75, 3.05) is 49.9 Å². The predicted octanol–water partition coefficient (Wildman–Crippen LogP) is 5.37. The average molecular weight is 821 g/mol. The van der Waals surface area contributed by atoms with E-state index in [2.05, 4.69) is 20.4 Å². The maximum absolute atomic E-state index is 11.3. The molecule has 4 aliphatic heterocycles. The molecule has 2 saturated heterocycles. The van der Waals surface area contributed by atoms with Gasteiger partial charge < -0.3 is 39.4 Å². The third-order valence-corrected chi connectivity index (χ3v) is 12.9. The molecule has 6 aliphatic rings. The molecule has 2 amide bonds. The SMILES string of the molecule is O=C1Nc2ccc(C(O)CN3C[C@H]4C[C@H](Oc5ccccc5)C[C@@]4(O)C3)cc2CO1.O=C1Nc2ccc(C(O)CN3C[C@H]4C[C@H](Oc5ccccc5)C[C@@]4(O)C3)cc2CO1. The van der Waals surface area contributed by atoms with Gasteiger partial charge in [0.1, 0.15) is 36.9 Å². The first-order valence-corrected chi connectivity index (χ1v) is 20.8. The fourth-order valence-electron chi connectivity index (χ4n) is 10.0. The Morgan fingerprint density at radius 3 is 1.45 bits per heavy atom. The summed E-state index contributed by atoms with van der Waals surface area (Å²) < 4.78 is 22.1. The molecular formula is C46H52N4O10. The number of aliphatic hydroxyl groups excluding tert-OH is 2. The Bertz CT molecular complexity index is 2030. The first-order valence-electron chi connectivity index (χ1n) is 20.8. The molecule has 14 nitrogen and oxygen atoms in total. The van der Waals surface area contributed by atoms with Gasteiger partial charge >= 0.3 is 12.2 Å². The van der Waals surface area contributed by atoms with Crippen LogP contribution in [-0.2, 0) is 22.7 Å². The molecule has 2 saturated carbocycles. The number of para-hydroxylation sites is 2. The molecule has 60 heavy (non-hydrogen) atoms. The Morgan fingerprint density at radius 2 is 1.05 bits per heavy atom. The number of ether oxygens (including phenoxy) is 4. The highest BCUT2D eigenvalue weighted by Crippen LogP contribution is 2.45. The number of carbonyl (C=O) groups is 2. The number of nitrogens with one attached hydrogen (secondary N) is 2. The number of aliphatic hydroxyl groups is 4. The van der Waals surface area contributed by atoms with Crippen LogP contribution in [0.15, 0.2) is 97.1 Å². The lowest BCUT2D eigenvalue weighted by Gasteiger charge is -2.25. The van der Waals surface area contributed by atoms with Crippen molar-refractivity contribution >= 4 is 23.6 Å². The molecule has 2 aliphatic carbocycles. The molecule has 4 aromatic carbocycles. The minimum atomic E-state index is -0.771. The van der Waals surface area contributed by atoms with Gasteiger partial charge in [0.25, 0.3) is 0 Å². The van der Waals surface area contributed by atoms with Crippen molar-refractivity contribution in [2.45, 2.75) is 74.5 Å². The standard InChI is InChI=1S/2C23H26N2O5/c2*26-21(15-6-7-20-16(8-15)13-29-22(27)24-20)12-25-11-17-9-19(10-23(17,28)14-25)30-18-4-2-1-3-5-18/h2*1-8,17,19,21,26,28H,9-14H2,(H,24,27)/t2*17-,19+,21?,23-/m11/s1. The van der Waals surface area contributed by atoms with E-state index in [9.17, 15) is 30.0 Å². The van der Waals surface area contributed by atoms with Gasteiger partial charge in [-0.1, -0.05) is 48.5 Å². The second kappa shape index (κ2) is 16.7. The van der Waals surface area contributed by atoms with E-state index < -0.39 is 35.6 Å². The van der Waals surface area contributed by atoms with E-state index in [4.69, 9.17) is 18.9 Å². The highest BCUT2D eigenvalue weighted by atomic mass is 16.6. The fraction of sp³-hybridized carbons (Fsp3) is 0.435. The van der Waals surface area contributed by atoms with Gasteiger partial charge in [0.05, 0.1) is 34.8 Å². The Labute approximate surface area is 348 Å². The maximum Gasteiger partial charge on any atom is 0.411 e. The van der Waals surface area contributed by atoms with Crippen LogP contribution in [0.1, 0.15) is 60.1 Å². The average Bonchev–Trinajstić information content (AvgIpc) is 3.90. The Kier molecular flexibility index (Phi) is 11.2. The maximum atomic E-state index is 11.3. The van der Waals surface area contributed by atoms with Crippen LogP contribution in [0.25, 0.3) is 0 Å². The number of fused-ring (bicyclic) bond motifs is 4. The zero-order valence-electron chi connectivity index (χ0n) is 33.3. The number of likely N-dealkylation sites (tertiary alicyclic amines) is 2. The number of cyclic esters (lactones) is 2. The van der Waals surface area contributed by atoms with Gasteiger partial charge in [0, 0.05) is 75.1 Å². The summed E-state index contributed by atoms with van der Waals surface area (Å²) in [5, 5.41) is 49.1. The first kappa shape index (κ1) is 40.2. The summed E-state index contributed by atoms with van der Waals surface area (Å²) in [4.78, 5) is 26.9. The van der Waals surface area contributed by atoms with Crippen LogP contribution in [0, 0.1) is 11.8 Å². The summed E-state index contributed by atoms with van der Waals surface area (Å²) in [5.41, 5.74) is 3.16. The lowest BCUT2D eigenvalue weighted by Crippen LogP contribution is -2.36. The van der Waals surface area contributed by atoms with E-state index in [0.717, 1.165) is 71.1 Å².